The van der Waals surface area contributed by atoms with Gasteiger partial charge < -0.3 is 14.5 Å². The second kappa shape index (κ2) is 7.58. The summed E-state index contributed by atoms with van der Waals surface area (Å²) >= 11 is 0. The average molecular weight is 316 g/mol. The summed E-state index contributed by atoms with van der Waals surface area (Å²) in [6, 6.07) is 11.2. The highest BCUT2D eigenvalue weighted by atomic mass is 16.5. The van der Waals surface area contributed by atoms with E-state index in [1.54, 1.807) is 6.07 Å². The van der Waals surface area contributed by atoms with Crippen molar-refractivity contribution in [3.63, 3.8) is 0 Å². The van der Waals surface area contributed by atoms with Crippen molar-refractivity contribution in [2.45, 2.75) is 26.2 Å². The molecular formula is C17H20N2O4. The smallest absolute Gasteiger partial charge is 0.323 e. The molecule has 1 amide bonds. The fourth-order valence-corrected chi connectivity index (χ4v) is 2.15. The van der Waals surface area contributed by atoms with Crippen LogP contribution in [0, 0.1) is 0 Å². The van der Waals surface area contributed by atoms with Gasteiger partial charge in [0, 0.05) is 18.5 Å². The molecule has 2 aromatic rings. The minimum atomic E-state index is -1.06. The first-order valence-corrected chi connectivity index (χ1v) is 7.49. The number of benzene rings is 1. The zero-order valence-corrected chi connectivity index (χ0v) is 13.2. The number of hydrogen-bond acceptors (Lipinski definition) is 4. The van der Waals surface area contributed by atoms with Crippen LogP contribution in [0.2, 0.25) is 0 Å². The van der Waals surface area contributed by atoms with E-state index >= 15 is 0 Å². The minimum Gasteiger partial charge on any atom is -0.480 e. The Balaban J connectivity index is 2.09. The van der Waals surface area contributed by atoms with E-state index in [1.807, 2.05) is 44.2 Å². The van der Waals surface area contributed by atoms with Gasteiger partial charge in [0.1, 0.15) is 12.3 Å². The lowest BCUT2D eigenvalue weighted by Gasteiger charge is -2.19. The number of nitrogens with zero attached hydrogens (tertiary/aromatic N) is 2. The van der Waals surface area contributed by atoms with Crippen LogP contribution in [0.1, 0.15) is 41.6 Å². The van der Waals surface area contributed by atoms with Gasteiger partial charge in [-0.15, -0.1) is 0 Å². The van der Waals surface area contributed by atoms with Crippen LogP contribution in [-0.2, 0) is 11.2 Å². The topological polar surface area (TPSA) is 83.6 Å². The number of rotatable bonds is 7. The van der Waals surface area contributed by atoms with Crippen LogP contribution >= 0.6 is 0 Å². The number of carbonyl (C=O) groups excluding carboxylic acids is 1. The Morgan fingerprint density at radius 2 is 1.96 bits per heavy atom. The number of carboxylic acids is 1. The molecule has 0 aliphatic rings. The van der Waals surface area contributed by atoms with Crippen LogP contribution in [0.5, 0.6) is 0 Å². The molecule has 0 aliphatic carbocycles. The van der Waals surface area contributed by atoms with E-state index < -0.39 is 11.9 Å². The molecule has 0 saturated carbocycles. The van der Waals surface area contributed by atoms with Gasteiger partial charge in [-0.3, -0.25) is 9.59 Å². The summed E-state index contributed by atoms with van der Waals surface area (Å²) < 4.78 is 5.12. The third-order valence-electron chi connectivity index (χ3n) is 3.44. The molecule has 6 heteroatoms. The summed E-state index contributed by atoms with van der Waals surface area (Å²) in [5.74, 6) is -0.772. The Labute approximate surface area is 134 Å². The lowest BCUT2D eigenvalue weighted by Crippen LogP contribution is -2.37. The first-order chi connectivity index (χ1) is 11.0. The van der Waals surface area contributed by atoms with Crippen LogP contribution in [0.15, 0.2) is 40.9 Å². The number of aromatic nitrogens is 1. The van der Waals surface area contributed by atoms with Gasteiger partial charge in [0.25, 0.3) is 5.91 Å². The number of amides is 1. The third-order valence-corrected chi connectivity index (χ3v) is 3.44. The maximum absolute atomic E-state index is 12.5. The average Bonchev–Trinajstić information content (AvgIpc) is 3.01. The van der Waals surface area contributed by atoms with Crippen molar-refractivity contribution < 1.29 is 19.2 Å². The summed E-state index contributed by atoms with van der Waals surface area (Å²) in [6.45, 7) is 3.80. The summed E-state index contributed by atoms with van der Waals surface area (Å²) in [7, 11) is 0. The fraction of sp³-hybridized carbons (Fsp3) is 0.353. The molecule has 0 fully saturated rings. The lowest BCUT2D eigenvalue weighted by atomic mass is 10.1. The molecule has 1 heterocycles. The van der Waals surface area contributed by atoms with Crippen molar-refractivity contribution in [3.05, 3.63) is 53.4 Å². The van der Waals surface area contributed by atoms with Crippen LogP contribution in [-0.4, -0.2) is 40.1 Å². The van der Waals surface area contributed by atoms with Crippen molar-refractivity contribution in [1.29, 1.82) is 0 Å². The van der Waals surface area contributed by atoms with Gasteiger partial charge in [0.15, 0.2) is 5.69 Å². The largest absolute Gasteiger partial charge is 0.480 e. The van der Waals surface area contributed by atoms with E-state index in [2.05, 4.69) is 5.16 Å². The summed E-state index contributed by atoms with van der Waals surface area (Å²) in [5, 5.41) is 12.8. The number of hydrogen-bond donors (Lipinski definition) is 1. The van der Waals surface area contributed by atoms with Crippen LogP contribution in [0.3, 0.4) is 0 Å². The SMILES string of the molecule is CC(C)c1cc(C(=O)N(CCc2ccccc2)CC(=O)O)no1. The maximum Gasteiger partial charge on any atom is 0.323 e. The highest BCUT2D eigenvalue weighted by Gasteiger charge is 2.22. The molecule has 0 saturated heterocycles. The summed E-state index contributed by atoms with van der Waals surface area (Å²) in [6.07, 6.45) is 0.578. The van der Waals surface area contributed by atoms with E-state index in [-0.39, 0.29) is 18.2 Å². The second-order valence-corrected chi connectivity index (χ2v) is 5.63. The van der Waals surface area contributed by atoms with Crippen molar-refractivity contribution in [1.82, 2.24) is 10.1 Å². The predicted octanol–water partition coefficient (Wildman–Crippen LogP) is 2.57. The molecule has 1 aromatic carbocycles. The predicted molar refractivity (Wildman–Crippen MR) is 84.3 cm³/mol. The maximum atomic E-state index is 12.5. The van der Waals surface area contributed by atoms with E-state index in [1.165, 1.54) is 4.90 Å². The summed E-state index contributed by atoms with van der Waals surface area (Å²) in [5.41, 5.74) is 1.18. The first kappa shape index (κ1) is 16.7. The number of carboxylic acid groups (broad SMARTS) is 1. The van der Waals surface area contributed by atoms with Gasteiger partial charge in [0.05, 0.1) is 0 Å². The molecule has 0 radical (unpaired) electrons. The third kappa shape index (κ3) is 4.67. The van der Waals surface area contributed by atoms with Gasteiger partial charge >= 0.3 is 5.97 Å². The van der Waals surface area contributed by atoms with E-state index in [9.17, 15) is 9.59 Å². The standard InChI is InChI=1S/C17H20N2O4/c1-12(2)15-10-14(18-23-15)17(22)19(11-16(20)21)9-8-13-6-4-3-5-7-13/h3-7,10,12H,8-9,11H2,1-2H3,(H,20,21). The molecule has 6 nitrogen and oxygen atoms in total. The first-order valence-electron chi connectivity index (χ1n) is 7.49. The normalized spacial score (nSPS) is 10.7. The van der Waals surface area contributed by atoms with E-state index in [0.29, 0.717) is 18.7 Å². The highest BCUT2D eigenvalue weighted by molar-refractivity contribution is 5.94. The molecule has 2 rings (SSSR count). The molecular weight excluding hydrogens is 296 g/mol. The molecule has 0 bridgehead atoms. The van der Waals surface area contributed by atoms with Crippen LogP contribution in [0.4, 0.5) is 0 Å². The second-order valence-electron chi connectivity index (χ2n) is 5.63. The minimum absolute atomic E-state index is 0.112. The van der Waals surface area contributed by atoms with E-state index in [0.717, 1.165) is 5.56 Å². The van der Waals surface area contributed by atoms with Gasteiger partial charge in [-0.1, -0.05) is 49.3 Å². The molecule has 23 heavy (non-hydrogen) atoms. The van der Waals surface area contributed by atoms with Gasteiger partial charge in [-0.25, -0.2) is 0 Å². The Bertz CT molecular complexity index is 664. The lowest BCUT2D eigenvalue weighted by molar-refractivity contribution is -0.137. The molecule has 1 aromatic heterocycles. The zero-order chi connectivity index (χ0) is 16.8. The molecule has 0 atom stereocenters. The van der Waals surface area contributed by atoms with Gasteiger partial charge in [-0.2, -0.15) is 0 Å². The molecule has 1 N–H and O–H groups in total. The quantitative estimate of drug-likeness (QED) is 0.848. The highest BCUT2D eigenvalue weighted by Crippen LogP contribution is 2.16. The van der Waals surface area contributed by atoms with Crippen molar-refractivity contribution in [3.8, 4) is 0 Å². The Morgan fingerprint density at radius 1 is 1.26 bits per heavy atom. The van der Waals surface area contributed by atoms with Crippen molar-refractivity contribution in [2.24, 2.45) is 0 Å². The van der Waals surface area contributed by atoms with Crippen molar-refractivity contribution >= 4 is 11.9 Å². The van der Waals surface area contributed by atoms with Gasteiger partial charge in [0.2, 0.25) is 0 Å². The Kier molecular flexibility index (Phi) is 5.51. The Hall–Kier alpha value is -2.63. The monoisotopic (exact) mass is 316 g/mol. The van der Waals surface area contributed by atoms with E-state index in [4.69, 9.17) is 9.63 Å². The molecule has 0 spiro atoms. The number of aliphatic carboxylic acids is 1. The van der Waals surface area contributed by atoms with Crippen LogP contribution < -0.4 is 0 Å². The fourth-order valence-electron chi connectivity index (χ4n) is 2.15. The van der Waals surface area contributed by atoms with Crippen molar-refractivity contribution in [2.75, 3.05) is 13.1 Å². The molecule has 0 aliphatic heterocycles. The molecule has 122 valence electrons. The zero-order valence-electron chi connectivity index (χ0n) is 13.2. The van der Waals surface area contributed by atoms with Gasteiger partial charge in [-0.05, 0) is 12.0 Å². The van der Waals surface area contributed by atoms with Crippen LogP contribution in [0.25, 0.3) is 0 Å². The molecule has 0 unspecified atom stereocenters. The number of carbonyl (C=O) groups is 2. The Morgan fingerprint density at radius 3 is 2.52 bits per heavy atom. The summed E-state index contributed by atoms with van der Waals surface area (Å²) in [4.78, 5) is 24.8.